The molecule has 1 aliphatic rings. The number of hydrogen-bond acceptors (Lipinski definition) is 3. The molecule has 2 nitrogen and oxygen atoms in total. The molecule has 2 heterocycles. The maximum absolute atomic E-state index is 3.56. The molecule has 0 radical (unpaired) electrons. The number of nitrogens with one attached hydrogen (secondary N) is 1. The molecule has 0 aliphatic carbocycles. The van der Waals surface area contributed by atoms with Gasteiger partial charge in [-0.15, -0.1) is 0 Å². The van der Waals surface area contributed by atoms with E-state index in [-0.39, 0.29) is 0 Å². The number of hydrogen-bond donors (Lipinski definition) is 1. The number of rotatable bonds is 7. The van der Waals surface area contributed by atoms with Crippen LogP contribution in [0.4, 0.5) is 0 Å². The Morgan fingerprint density at radius 2 is 2.44 bits per heavy atom. The fraction of sp³-hybridized carbons (Fsp3) is 0.733. The first-order chi connectivity index (χ1) is 8.79. The molecule has 1 aromatic heterocycles. The van der Waals surface area contributed by atoms with Gasteiger partial charge in [-0.2, -0.15) is 11.3 Å². The van der Waals surface area contributed by atoms with Gasteiger partial charge in [0.05, 0.1) is 0 Å². The SMILES string of the molecule is CCCNCC1CCN(C(C)Cc2ccsc2)C1. The van der Waals surface area contributed by atoms with Crippen molar-refractivity contribution >= 4 is 11.3 Å². The maximum Gasteiger partial charge on any atom is 0.0108 e. The van der Waals surface area contributed by atoms with E-state index < -0.39 is 0 Å². The topological polar surface area (TPSA) is 15.3 Å². The van der Waals surface area contributed by atoms with Crippen molar-refractivity contribution in [3.63, 3.8) is 0 Å². The predicted molar refractivity (Wildman–Crippen MR) is 80.3 cm³/mol. The van der Waals surface area contributed by atoms with Crippen LogP contribution in [-0.2, 0) is 6.42 Å². The third kappa shape index (κ3) is 4.08. The molecule has 18 heavy (non-hydrogen) atoms. The molecule has 1 saturated heterocycles. The standard InChI is InChI=1S/C15H26N2S/c1-3-6-16-10-15-4-7-17(11-15)13(2)9-14-5-8-18-12-14/h5,8,12-13,15-16H,3-4,6-7,9-11H2,1-2H3. The molecular formula is C15H26N2S. The van der Waals surface area contributed by atoms with E-state index in [2.05, 4.69) is 40.9 Å². The van der Waals surface area contributed by atoms with E-state index in [1.165, 1.54) is 51.0 Å². The molecule has 2 rings (SSSR count). The molecule has 2 unspecified atom stereocenters. The molecule has 0 saturated carbocycles. The highest BCUT2D eigenvalue weighted by Crippen LogP contribution is 2.20. The molecule has 0 spiro atoms. The zero-order valence-electron chi connectivity index (χ0n) is 11.7. The molecule has 2 atom stereocenters. The Hall–Kier alpha value is -0.380. The zero-order chi connectivity index (χ0) is 12.8. The molecule has 1 aromatic rings. The molecule has 1 fully saturated rings. The van der Waals surface area contributed by atoms with Crippen LogP contribution in [0.1, 0.15) is 32.3 Å². The summed E-state index contributed by atoms with van der Waals surface area (Å²) in [7, 11) is 0. The van der Waals surface area contributed by atoms with Crippen molar-refractivity contribution in [1.29, 1.82) is 0 Å². The van der Waals surface area contributed by atoms with Crippen molar-refractivity contribution in [1.82, 2.24) is 10.2 Å². The van der Waals surface area contributed by atoms with Gasteiger partial charge in [-0.25, -0.2) is 0 Å². The molecular weight excluding hydrogens is 240 g/mol. The van der Waals surface area contributed by atoms with E-state index in [0.717, 1.165) is 5.92 Å². The van der Waals surface area contributed by atoms with Gasteiger partial charge < -0.3 is 5.32 Å². The highest BCUT2D eigenvalue weighted by molar-refractivity contribution is 7.07. The van der Waals surface area contributed by atoms with E-state index in [1.807, 2.05) is 11.3 Å². The highest BCUT2D eigenvalue weighted by Gasteiger charge is 2.25. The van der Waals surface area contributed by atoms with E-state index in [0.29, 0.717) is 6.04 Å². The number of nitrogens with zero attached hydrogens (tertiary/aromatic N) is 1. The molecule has 1 aliphatic heterocycles. The normalized spacial score (nSPS) is 22.4. The van der Waals surface area contributed by atoms with Gasteiger partial charge in [0, 0.05) is 12.6 Å². The van der Waals surface area contributed by atoms with Gasteiger partial charge in [0.25, 0.3) is 0 Å². The molecule has 0 bridgehead atoms. The molecule has 102 valence electrons. The number of thiophene rings is 1. The van der Waals surface area contributed by atoms with Gasteiger partial charge in [-0.3, -0.25) is 4.90 Å². The van der Waals surface area contributed by atoms with Crippen LogP contribution >= 0.6 is 11.3 Å². The van der Waals surface area contributed by atoms with Crippen LogP contribution in [0.5, 0.6) is 0 Å². The average molecular weight is 266 g/mol. The van der Waals surface area contributed by atoms with Crippen LogP contribution in [-0.4, -0.2) is 37.1 Å². The first-order valence-corrected chi connectivity index (χ1v) is 8.19. The molecule has 0 amide bonds. The van der Waals surface area contributed by atoms with Crippen molar-refractivity contribution in [3.8, 4) is 0 Å². The lowest BCUT2D eigenvalue weighted by molar-refractivity contribution is 0.247. The maximum atomic E-state index is 3.56. The minimum atomic E-state index is 0.691. The van der Waals surface area contributed by atoms with Gasteiger partial charge in [0.1, 0.15) is 0 Å². The Bertz CT molecular complexity index is 323. The van der Waals surface area contributed by atoms with Crippen molar-refractivity contribution in [3.05, 3.63) is 22.4 Å². The van der Waals surface area contributed by atoms with E-state index in [4.69, 9.17) is 0 Å². The second-order valence-electron chi connectivity index (χ2n) is 5.54. The van der Waals surface area contributed by atoms with Crippen molar-refractivity contribution in [2.75, 3.05) is 26.2 Å². The van der Waals surface area contributed by atoms with E-state index in [1.54, 1.807) is 0 Å². The Labute approximate surface area is 115 Å². The summed E-state index contributed by atoms with van der Waals surface area (Å²) in [6, 6.07) is 2.95. The van der Waals surface area contributed by atoms with Crippen LogP contribution in [0.3, 0.4) is 0 Å². The third-order valence-electron chi connectivity index (χ3n) is 3.91. The fourth-order valence-electron chi connectivity index (χ4n) is 2.79. The van der Waals surface area contributed by atoms with Crippen LogP contribution in [0.15, 0.2) is 16.8 Å². The minimum absolute atomic E-state index is 0.691. The van der Waals surface area contributed by atoms with Gasteiger partial charge in [0.15, 0.2) is 0 Å². The summed E-state index contributed by atoms with van der Waals surface area (Å²) >= 11 is 1.81. The summed E-state index contributed by atoms with van der Waals surface area (Å²) in [5.41, 5.74) is 1.50. The van der Waals surface area contributed by atoms with Crippen LogP contribution in [0, 0.1) is 5.92 Å². The molecule has 1 N–H and O–H groups in total. The summed E-state index contributed by atoms with van der Waals surface area (Å²) in [5, 5.41) is 8.03. The minimum Gasteiger partial charge on any atom is -0.316 e. The van der Waals surface area contributed by atoms with Gasteiger partial charge in [-0.1, -0.05) is 6.92 Å². The van der Waals surface area contributed by atoms with Crippen LogP contribution in [0.25, 0.3) is 0 Å². The van der Waals surface area contributed by atoms with Gasteiger partial charge in [0.2, 0.25) is 0 Å². The smallest absolute Gasteiger partial charge is 0.0108 e. The van der Waals surface area contributed by atoms with Crippen molar-refractivity contribution in [2.24, 2.45) is 5.92 Å². The van der Waals surface area contributed by atoms with Gasteiger partial charge >= 0.3 is 0 Å². The number of likely N-dealkylation sites (tertiary alicyclic amines) is 1. The Balaban J connectivity index is 1.71. The summed E-state index contributed by atoms with van der Waals surface area (Å²) < 4.78 is 0. The second-order valence-corrected chi connectivity index (χ2v) is 6.32. The summed E-state index contributed by atoms with van der Waals surface area (Å²) in [6.07, 6.45) is 3.81. The van der Waals surface area contributed by atoms with E-state index in [9.17, 15) is 0 Å². The largest absolute Gasteiger partial charge is 0.316 e. The third-order valence-corrected chi connectivity index (χ3v) is 4.64. The molecule has 0 aromatic carbocycles. The predicted octanol–water partition coefficient (Wildman–Crippen LogP) is 3.00. The first-order valence-electron chi connectivity index (χ1n) is 7.25. The highest BCUT2D eigenvalue weighted by atomic mass is 32.1. The average Bonchev–Trinajstić information content (AvgIpc) is 3.00. The van der Waals surface area contributed by atoms with Gasteiger partial charge in [-0.05, 0) is 74.1 Å². The first kappa shape index (κ1) is 14.0. The fourth-order valence-corrected chi connectivity index (χ4v) is 3.47. The van der Waals surface area contributed by atoms with E-state index >= 15 is 0 Å². The summed E-state index contributed by atoms with van der Waals surface area (Å²) in [4.78, 5) is 2.66. The summed E-state index contributed by atoms with van der Waals surface area (Å²) in [5.74, 6) is 0.862. The Kier molecular flexibility index (Phi) is 5.67. The Morgan fingerprint density at radius 1 is 1.56 bits per heavy atom. The molecule has 3 heteroatoms. The monoisotopic (exact) mass is 266 g/mol. The lowest BCUT2D eigenvalue weighted by Crippen LogP contribution is -2.34. The quantitative estimate of drug-likeness (QED) is 0.763. The lowest BCUT2D eigenvalue weighted by Gasteiger charge is -2.24. The summed E-state index contributed by atoms with van der Waals surface area (Å²) in [6.45, 7) is 9.54. The Morgan fingerprint density at radius 3 is 3.17 bits per heavy atom. The van der Waals surface area contributed by atoms with Crippen LogP contribution in [0.2, 0.25) is 0 Å². The zero-order valence-corrected chi connectivity index (χ0v) is 12.5. The van der Waals surface area contributed by atoms with Crippen molar-refractivity contribution < 1.29 is 0 Å². The van der Waals surface area contributed by atoms with Crippen molar-refractivity contribution in [2.45, 2.75) is 39.2 Å². The van der Waals surface area contributed by atoms with Crippen LogP contribution < -0.4 is 5.32 Å². The lowest BCUT2D eigenvalue weighted by atomic mass is 10.1. The second kappa shape index (κ2) is 7.27.